The lowest BCUT2D eigenvalue weighted by Crippen LogP contribution is -2.01. The van der Waals surface area contributed by atoms with Crippen LogP contribution in [0.4, 0.5) is 3.89 Å². The van der Waals surface area contributed by atoms with Gasteiger partial charge in [0.15, 0.2) is 0 Å². The maximum Gasteiger partial charge on any atom is 0.334 e. The molecule has 1 rings (SSSR count). The van der Waals surface area contributed by atoms with Crippen LogP contribution in [0.2, 0.25) is 0 Å². The van der Waals surface area contributed by atoms with Crippen LogP contribution in [0.25, 0.3) is 0 Å². The van der Waals surface area contributed by atoms with E-state index in [0.29, 0.717) is 0 Å². The van der Waals surface area contributed by atoms with Crippen LogP contribution < -0.4 is 0 Å². The van der Waals surface area contributed by atoms with E-state index in [1.165, 1.54) is 32.4 Å². The summed E-state index contributed by atoms with van der Waals surface area (Å²) in [7, 11) is -5.93. The van der Waals surface area contributed by atoms with Crippen LogP contribution in [0.3, 0.4) is 0 Å². The Morgan fingerprint density at radius 3 is 2.24 bits per heavy atom. The van der Waals surface area contributed by atoms with Crippen molar-refractivity contribution >= 4 is 17.8 Å². The maximum absolute atomic E-state index is 13.0. The van der Waals surface area contributed by atoms with Crippen LogP contribution in [0.1, 0.15) is 5.56 Å². The summed E-state index contributed by atoms with van der Waals surface area (Å²) in [5.74, 6) is 0. The highest BCUT2D eigenvalue weighted by Crippen LogP contribution is 2.50. The van der Waals surface area contributed by atoms with E-state index in [2.05, 4.69) is 9.05 Å². The molecule has 1 aromatic rings. The van der Waals surface area contributed by atoms with Crippen molar-refractivity contribution in [1.82, 2.24) is 0 Å². The Morgan fingerprint density at radius 2 is 1.76 bits per heavy atom. The number of hydrogen-bond acceptors (Lipinski definition) is 5. The fourth-order valence-electron chi connectivity index (χ4n) is 1.28. The summed E-state index contributed by atoms with van der Waals surface area (Å²) in [6.45, 7) is 0. The van der Waals surface area contributed by atoms with E-state index in [1.54, 1.807) is 0 Å². The highest BCUT2D eigenvalue weighted by Gasteiger charge is 2.26. The summed E-state index contributed by atoms with van der Waals surface area (Å²) in [4.78, 5) is -0.519. The van der Waals surface area contributed by atoms with Crippen molar-refractivity contribution in [3.8, 4) is 0 Å². The van der Waals surface area contributed by atoms with Crippen LogP contribution >= 0.6 is 7.60 Å². The zero-order valence-electron chi connectivity index (χ0n) is 9.29. The molecule has 0 spiro atoms. The van der Waals surface area contributed by atoms with E-state index in [9.17, 15) is 16.9 Å². The summed E-state index contributed by atoms with van der Waals surface area (Å²) in [6, 6.07) is 5.34. The molecule has 0 heterocycles. The summed E-state index contributed by atoms with van der Waals surface area (Å²) >= 11 is 0. The lowest BCUT2D eigenvalue weighted by atomic mass is 10.2. The molecule has 0 fully saturated rings. The van der Waals surface area contributed by atoms with Crippen molar-refractivity contribution in [2.45, 2.75) is 11.1 Å². The number of benzene rings is 1. The SMILES string of the molecule is COP(=O)(Cc1ccccc1S(=O)(=O)F)OC. The van der Waals surface area contributed by atoms with Crippen LogP contribution in [0.15, 0.2) is 29.2 Å². The van der Waals surface area contributed by atoms with E-state index in [1.807, 2.05) is 0 Å². The molecule has 0 unspecified atom stereocenters. The lowest BCUT2D eigenvalue weighted by molar-refractivity contribution is 0.274. The molecule has 0 saturated carbocycles. The Balaban J connectivity index is 3.21. The molecule has 5 nitrogen and oxygen atoms in total. The summed E-state index contributed by atoms with van der Waals surface area (Å²) in [5, 5.41) is 0. The molecule has 0 aromatic heterocycles. The van der Waals surface area contributed by atoms with Gasteiger partial charge in [0, 0.05) is 14.2 Å². The van der Waals surface area contributed by atoms with Crippen LogP contribution in [0.5, 0.6) is 0 Å². The Labute approximate surface area is 99.3 Å². The predicted octanol–water partition coefficient (Wildman–Crippen LogP) is 2.33. The first-order valence-corrected chi connectivity index (χ1v) is 7.66. The molecular formula is C9H12FO5PS. The van der Waals surface area contributed by atoms with Crippen LogP contribution in [0, 0.1) is 0 Å². The lowest BCUT2D eigenvalue weighted by Gasteiger charge is -2.14. The standard InChI is InChI=1S/C9H12FO5PS/c1-14-16(11,15-2)7-8-5-3-4-6-9(8)17(10,12)13/h3-6H,7H2,1-2H3. The average molecular weight is 282 g/mol. The number of rotatable bonds is 5. The first kappa shape index (κ1) is 14.3. The molecule has 0 N–H and O–H groups in total. The van der Waals surface area contributed by atoms with Gasteiger partial charge in [-0.2, -0.15) is 8.42 Å². The van der Waals surface area contributed by atoms with E-state index < -0.39 is 22.7 Å². The van der Waals surface area contributed by atoms with Gasteiger partial charge in [0.2, 0.25) is 0 Å². The minimum Gasteiger partial charge on any atom is -0.312 e. The molecule has 96 valence electrons. The zero-order valence-corrected chi connectivity index (χ0v) is 11.0. The van der Waals surface area contributed by atoms with Crippen molar-refractivity contribution in [3.63, 3.8) is 0 Å². The molecule has 17 heavy (non-hydrogen) atoms. The fraction of sp³-hybridized carbons (Fsp3) is 0.333. The minimum absolute atomic E-state index is 0.0574. The smallest absolute Gasteiger partial charge is 0.312 e. The molecule has 0 radical (unpaired) electrons. The van der Waals surface area contributed by atoms with Gasteiger partial charge in [-0.15, -0.1) is 3.89 Å². The molecule has 0 aliphatic rings. The van der Waals surface area contributed by atoms with Gasteiger partial charge in [-0.1, -0.05) is 18.2 Å². The van der Waals surface area contributed by atoms with Crippen molar-refractivity contribution in [1.29, 1.82) is 0 Å². The molecule has 0 saturated heterocycles. The van der Waals surface area contributed by atoms with Gasteiger partial charge in [-0.25, -0.2) is 0 Å². The van der Waals surface area contributed by atoms with Gasteiger partial charge < -0.3 is 9.05 Å². The van der Waals surface area contributed by atoms with Crippen LogP contribution in [-0.2, 0) is 30.0 Å². The minimum atomic E-state index is -4.85. The summed E-state index contributed by atoms with van der Waals surface area (Å²) in [6.07, 6.45) is -0.306. The van der Waals surface area contributed by atoms with Crippen molar-refractivity contribution < 1.29 is 25.9 Å². The largest absolute Gasteiger partial charge is 0.334 e. The van der Waals surface area contributed by atoms with E-state index in [-0.39, 0.29) is 11.7 Å². The first-order chi connectivity index (χ1) is 7.82. The molecule has 1 aromatic carbocycles. The second-order valence-corrected chi connectivity index (χ2v) is 6.76. The monoisotopic (exact) mass is 282 g/mol. The highest BCUT2D eigenvalue weighted by atomic mass is 32.3. The predicted molar refractivity (Wildman–Crippen MR) is 60.1 cm³/mol. The van der Waals surface area contributed by atoms with Crippen LogP contribution in [-0.4, -0.2) is 22.6 Å². The van der Waals surface area contributed by atoms with Gasteiger partial charge in [0.1, 0.15) is 4.90 Å². The Bertz CT molecular complexity index is 534. The second kappa shape index (κ2) is 5.27. The van der Waals surface area contributed by atoms with Gasteiger partial charge in [0.05, 0.1) is 6.16 Å². The topological polar surface area (TPSA) is 69.7 Å². The maximum atomic E-state index is 13.0. The van der Waals surface area contributed by atoms with E-state index in [4.69, 9.17) is 0 Å². The third kappa shape index (κ3) is 3.61. The Morgan fingerprint density at radius 1 is 1.24 bits per heavy atom. The summed E-state index contributed by atoms with van der Waals surface area (Å²) in [5.41, 5.74) is 0.0574. The molecule has 0 atom stereocenters. The highest BCUT2D eigenvalue weighted by molar-refractivity contribution is 7.86. The van der Waals surface area contributed by atoms with E-state index in [0.717, 1.165) is 6.07 Å². The second-order valence-electron chi connectivity index (χ2n) is 3.18. The summed E-state index contributed by atoms with van der Waals surface area (Å²) < 4.78 is 55.9. The molecule has 8 heteroatoms. The number of hydrogen-bond donors (Lipinski definition) is 0. The molecule has 0 amide bonds. The molecular weight excluding hydrogens is 270 g/mol. The third-order valence-electron chi connectivity index (χ3n) is 2.16. The van der Waals surface area contributed by atoms with E-state index >= 15 is 0 Å². The normalized spacial score (nSPS) is 12.6. The van der Waals surface area contributed by atoms with Gasteiger partial charge in [-0.3, -0.25) is 4.57 Å². The third-order valence-corrected chi connectivity index (χ3v) is 4.92. The van der Waals surface area contributed by atoms with Gasteiger partial charge in [0.25, 0.3) is 0 Å². The Kier molecular flexibility index (Phi) is 4.43. The van der Waals surface area contributed by atoms with Gasteiger partial charge in [-0.05, 0) is 11.6 Å². The van der Waals surface area contributed by atoms with Crippen molar-refractivity contribution in [2.24, 2.45) is 0 Å². The molecule has 0 aliphatic carbocycles. The first-order valence-electron chi connectivity index (χ1n) is 4.55. The molecule has 0 aliphatic heterocycles. The fourth-order valence-corrected chi connectivity index (χ4v) is 3.19. The quantitative estimate of drug-likeness (QED) is 0.612. The number of halogens is 1. The zero-order chi connectivity index (χ0) is 13.1. The average Bonchev–Trinajstić information content (AvgIpc) is 2.28. The Hall–Kier alpha value is -0.750. The molecule has 0 bridgehead atoms. The van der Waals surface area contributed by atoms with Crippen molar-refractivity contribution in [3.05, 3.63) is 29.8 Å². The van der Waals surface area contributed by atoms with Crippen molar-refractivity contribution in [2.75, 3.05) is 14.2 Å². The van der Waals surface area contributed by atoms with Gasteiger partial charge >= 0.3 is 17.8 Å².